The molecule has 0 aromatic heterocycles. The van der Waals surface area contributed by atoms with E-state index in [1.807, 2.05) is 0 Å². The zero-order valence-electron chi connectivity index (χ0n) is 17.0. The highest BCUT2D eigenvalue weighted by Gasteiger charge is 2.23. The van der Waals surface area contributed by atoms with Crippen LogP contribution >= 0.6 is 7.82 Å². The summed E-state index contributed by atoms with van der Waals surface area (Å²) in [4.78, 5) is 21.5. The molecule has 2 N–H and O–H groups in total. The molecule has 28 heavy (non-hydrogen) atoms. The first-order valence-corrected chi connectivity index (χ1v) is 11.6. The molecule has 1 aromatic rings. The largest absolute Gasteiger partial charge is 0.527 e. The second-order valence-corrected chi connectivity index (χ2v) is 7.96. The first kappa shape index (κ1) is 24.5. The van der Waals surface area contributed by atoms with Crippen LogP contribution in [0.2, 0.25) is 0 Å². The molecule has 1 atom stereocenters. The molecular formula is C20H34NO6P. The van der Waals surface area contributed by atoms with E-state index in [4.69, 9.17) is 13.8 Å². The Morgan fingerprint density at radius 1 is 1.04 bits per heavy atom. The Labute approximate surface area is 168 Å². The molecule has 0 radical (unpaired) electrons. The fourth-order valence-corrected chi connectivity index (χ4v) is 3.20. The van der Waals surface area contributed by atoms with E-state index >= 15 is 0 Å². The predicted octanol–water partition coefficient (Wildman–Crippen LogP) is 4.84. The molecular weight excluding hydrogens is 381 g/mol. The number of hydrogen-bond donors (Lipinski definition) is 2. The van der Waals surface area contributed by atoms with Crippen LogP contribution in [0.1, 0.15) is 65.2 Å². The first-order chi connectivity index (χ1) is 13.5. The third-order valence-electron chi connectivity index (χ3n) is 3.98. The number of carbonyl (C=O) groups is 1. The molecule has 0 heterocycles. The van der Waals surface area contributed by atoms with Crippen molar-refractivity contribution in [2.75, 3.05) is 19.8 Å². The van der Waals surface area contributed by atoms with E-state index in [0.29, 0.717) is 18.8 Å². The first-order valence-electron chi connectivity index (χ1n) is 10.1. The molecule has 1 rings (SSSR count). The number of nitrogens with one attached hydrogen (secondary N) is 1. The van der Waals surface area contributed by atoms with Crippen LogP contribution in [-0.4, -0.2) is 30.6 Å². The molecule has 0 aliphatic rings. The summed E-state index contributed by atoms with van der Waals surface area (Å²) in [5, 5.41) is 2.68. The predicted molar refractivity (Wildman–Crippen MR) is 110 cm³/mol. The molecule has 0 fully saturated rings. The van der Waals surface area contributed by atoms with Crippen molar-refractivity contribution < 1.29 is 28.0 Å². The van der Waals surface area contributed by atoms with Gasteiger partial charge in [0, 0.05) is 19.0 Å². The van der Waals surface area contributed by atoms with E-state index in [2.05, 4.69) is 19.2 Å². The van der Waals surface area contributed by atoms with Gasteiger partial charge in [0.25, 0.3) is 0 Å². The van der Waals surface area contributed by atoms with Gasteiger partial charge in [-0.25, -0.2) is 4.57 Å². The molecule has 160 valence electrons. The minimum absolute atomic E-state index is 0.0780. The highest BCUT2D eigenvalue weighted by molar-refractivity contribution is 7.47. The van der Waals surface area contributed by atoms with Crippen LogP contribution in [0.4, 0.5) is 0 Å². The van der Waals surface area contributed by atoms with Gasteiger partial charge in [-0.1, -0.05) is 52.0 Å². The lowest BCUT2D eigenvalue weighted by molar-refractivity contribution is -0.121. The average molecular weight is 415 g/mol. The number of benzene rings is 1. The molecule has 0 saturated carbocycles. The lowest BCUT2D eigenvalue weighted by atomic mass is 10.1. The van der Waals surface area contributed by atoms with Gasteiger partial charge in [0.1, 0.15) is 11.5 Å². The number of ether oxygens (including phenoxy) is 1. The summed E-state index contributed by atoms with van der Waals surface area (Å²) in [5.41, 5.74) is 0. The van der Waals surface area contributed by atoms with Crippen molar-refractivity contribution in [3.63, 3.8) is 0 Å². The summed E-state index contributed by atoms with van der Waals surface area (Å²) >= 11 is 0. The molecule has 8 heteroatoms. The molecule has 0 aliphatic carbocycles. The zero-order chi connectivity index (χ0) is 20.7. The van der Waals surface area contributed by atoms with Gasteiger partial charge >= 0.3 is 7.82 Å². The molecule has 0 saturated heterocycles. The van der Waals surface area contributed by atoms with Gasteiger partial charge in [0.05, 0.1) is 13.2 Å². The van der Waals surface area contributed by atoms with E-state index in [0.717, 1.165) is 32.1 Å². The molecule has 0 bridgehead atoms. The molecule has 1 amide bonds. The number of carbonyl (C=O) groups excluding carboxylic acids is 1. The lowest BCUT2D eigenvalue weighted by Gasteiger charge is -2.14. The summed E-state index contributed by atoms with van der Waals surface area (Å²) in [6.07, 6.45) is 7.80. The summed E-state index contributed by atoms with van der Waals surface area (Å²) in [6, 6.07) is 6.53. The Balaban J connectivity index is 2.26. The van der Waals surface area contributed by atoms with Gasteiger partial charge in [0.15, 0.2) is 0 Å². The number of phosphoric acid groups is 1. The van der Waals surface area contributed by atoms with Gasteiger partial charge in [0.2, 0.25) is 5.91 Å². The molecule has 7 nitrogen and oxygen atoms in total. The van der Waals surface area contributed by atoms with Crippen LogP contribution in [0.5, 0.6) is 11.5 Å². The summed E-state index contributed by atoms with van der Waals surface area (Å²) in [5.74, 6) is 0.679. The number of amides is 1. The number of rotatable bonds is 16. The smallest absolute Gasteiger partial charge is 0.493 e. The van der Waals surface area contributed by atoms with Gasteiger partial charge in [-0.3, -0.25) is 14.2 Å². The third kappa shape index (κ3) is 12.0. The Bertz CT molecular complexity index is 610. The van der Waals surface area contributed by atoms with Gasteiger partial charge in [-0.05, 0) is 25.0 Å². The monoisotopic (exact) mass is 415 g/mol. The van der Waals surface area contributed by atoms with Gasteiger partial charge in [-0.15, -0.1) is 0 Å². The lowest BCUT2D eigenvalue weighted by Crippen LogP contribution is -2.26. The normalized spacial score (nSPS) is 13.0. The standard InChI is InChI=1S/C20H34NO6P/c1-3-5-7-8-9-13-20(22)21-14-16-26-28(23,24)27-19-12-10-11-18(17-19)25-15-6-4-2/h10-12,17H,3-9,13-16H2,1-2H3,(H,21,22)(H,23,24). The third-order valence-corrected chi connectivity index (χ3v) is 4.93. The quantitative estimate of drug-likeness (QED) is 0.296. The van der Waals surface area contributed by atoms with E-state index in [-0.39, 0.29) is 24.8 Å². The molecule has 0 spiro atoms. The Hall–Kier alpha value is -1.56. The van der Waals surface area contributed by atoms with Crippen LogP contribution in [-0.2, 0) is 13.9 Å². The number of hydrogen-bond acceptors (Lipinski definition) is 5. The van der Waals surface area contributed by atoms with Crippen molar-refractivity contribution in [3.8, 4) is 11.5 Å². The van der Waals surface area contributed by atoms with E-state index < -0.39 is 7.82 Å². The van der Waals surface area contributed by atoms with Crippen molar-refractivity contribution in [2.24, 2.45) is 0 Å². The van der Waals surface area contributed by atoms with E-state index in [1.54, 1.807) is 24.3 Å². The second-order valence-electron chi connectivity index (χ2n) is 6.58. The highest BCUT2D eigenvalue weighted by atomic mass is 31.2. The fourth-order valence-electron chi connectivity index (χ4n) is 2.44. The maximum absolute atomic E-state index is 12.0. The van der Waals surface area contributed by atoms with Crippen LogP contribution in [0.3, 0.4) is 0 Å². The van der Waals surface area contributed by atoms with E-state index in [1.165, 1.54) is 12.8 Å². The highest BCUT2D eigenvalue weighted by Crippen LogP contribution is 2.44. The minimum Gasteiger partial charge on any atom is -0.493 e. The van der Waals surface area contributed by atoms with Gasteiger partial charge < -0.3 is 14.6 Å². The average Bonchev–Trinajstić information content (AvgIpc) is 2.65. The van der Waals surface area contributed by atoms with E-state index in [9.17, 15) is 14.3 Å². The maximum atomic E-state index is 12.0. The Kier molecular flexibility index (Phi) is 12.6. The number of unbranched alkanes of at least 4 members (excludes halogenated alkanes) is 5. The fraction of sp³-hybridized carbons (Fsp3) is 0.650. The summed E-state index contributed by atoms with van der Waals surface area (Å²) in [6.45, 7) is 4.84. The van der Waals surface area contributed by atoms with Crippen molar-refractivity contribution in [1.82, 2.24) is 5.32 Å². The van der Waals surface area contributed by atoms with Crippen molar-refractivity contribution in [1.29, 1.82) is 0 Å². The number of phosphoric ester groups is 1. The van der Waals surface area contributed by atoms with Crippen LogP contribution < -0.4 is 14.6 Å². The maximum Gasteiger partial charge on any atom is 0.527 e. The second kappa shape index (κ2) is 14.4. The van der Waals surface area contributed by atoms with Crippen LogP contribution in [0.15, 0.2) is 24.3 Å². The van der Waals surface area contributed by atoms with Crippen molar-refractivity contribution >= 4 is 13.7 Å². The molecule has 1 unspecified atom stereocenters. The zero-order valence-corrected chi connectivity index (χ0v) is 17.9. The molecule has 0 aliphatic heterocycles. The van der Waals surface area contributed by atoms with Crippen LogP contribution in [0.25, 0.3) is 0 Å². The van der Waals surface area contributed by atoms with Crippen molar-refractivity contribution in [2.45, 2.75) is 65.2 Å². The SMILES string of the molecule is CCCCCCCC(=O)NCCOP(=O)(O)Oc1cccc(OCCCC)c1. The molecule has 1 aromatic carbocycles. The summed E-state index contributed by atoms with van der Waals surface area (Å²) in [7, 11) is -4.27. The van der Waals surface area contributed by atoms with Crippen molar-refractivity contribution in [3.05, 3.63) is 24.3 Å². The Morgan fingerprint density at radius 2 is 1.75 bits per heavy atom. The van der Waals surface area contributed by atoms with Crippen LogP contribution in [0, 0.1) is 0 Å². The van der Waals surface area contributed by atoms with Gasteiger partial charge in [-0.2, -0.15) is 0 Å². The Morgan fingerprint density at radius 3 is 2.50 bits per heavy atom. The minimum atomic E-state index is -4.27. The summed E-state index contributed by atoms with van der Waals surface area (Å²) < 4.78 is 27.5. The topological polar surface area (TPSA) is 94.1 Å².